The molecule has 6 heteroatoms. The van der Waals surface area contributed by atoms with Crippen LogP contribution in [0.5, 0.6) is 5.75 Å². The fourth-order valence-corrected chi connectivity index (χ4v) is 2.99. The molecule has 0 heterocycles. The molecule has 4 nitrogen and oxygen atoms in total. The van der Waals surface area contributed by atoms with Gasteiger partial charge in [-0.2, -0.15) is 0 Å². The Bertz CT molecular complexity index is 756. The maximum atomic E-state index is 11.8. The summed E-state index contributed by atoms with van der Waals surface area (Å²) in [5, 5.41) is 7.60. The van der Waals surface area contributed by atoms with Gasteiger partial charge in [-0.25, -0.2) is 0 Å². The average molecular weight is 409 g/mol. The summed E-state index contributed by atoms with van der Waals surface area (Å²) >= 11 is 12.1. The van der Waals surface area contributed by atoms with Gasteiger partial charge < -0.3 is 15.4 Å². The highest BCUT2D eigenvalue weighted by Gasteiger charge is 2.13. The highest BCUT2D eigenvalue weighted by atomic mass is 35.5. The normalized spacial score (nSPS) is 11.3. The summed E-state index contributed by atoms with van der Waals surface area (Å²) < 4.78 is 5.52. The SMILES string of the molecule is CC(C)(C)NC(=O)COc1ccc(CNCCc2ccc(Cl)cc2Cl)cc1. The number of hydrogen-bond acceptors (Lipinski definition) is 3. The summed E-state index contributed by atoms with van der Waals surface area (Å²) in [7, 11) is 0. The molecule has 0 radical (unpaired) electrons. The van der Waals surface area contributed by atoms with Gasteiger partial charge >= 0.3 is 0 Å². The van der Waals surface area contributed by atoms with E-state index < -0.39 is 0 Å². The second-order valence-electron chi connectivity index (χ2n) is 7.39. The van der Waals surface area contributed by atoms with Gasteiger partial charge in [-0.05, 0) is 69.1 Å². The van der Waals surface area contributed by atoms with Gasteiger partial charge in [0, 0.05) is 22.1 Å². The van der Waals surface area contributed by atoms with Crippen molar-refractivity contribution in [2.45, 2.75) is 39.3 Å². The molecule has 2 aromatic carbocycles. The lowest BCUT2D eigenvalue weighted by Crippen LogP contribution is -2.43. The summed E-state index contributed by atoms with van der Waals surface area (Å²) in [5.41, 5.74) is 1.96. The second-order valence-corrected chi connectivity index (χ2v) is 8.24. The zero-order valence-corrected chi connectivity index (χ0v) is 17.5. The van der Waals surface area contributed by atoms with Crippen LogP contribution >= 0.6 is 23.2 Å². The van der Waals surface area contributed by atoms with Crippen LogP contribution < -0.4 is 15.4 Å². The molecule has 146 valence electrons. The number of rotatable bonds is 8. The van der Waals surface area contributed by atoms with Gasteiger partial charge in [0.25, 0.3) is 5.91 Å². The Morgan fingerprint density at radius 2 is 1.78 bits per heavy atom. The minimum absolute atomic E-state index is 0.0106. The van der Waals surface area contributed by atoms with Crippen LogP contribution in [-0.4, -0.2) is 24.6 Å². The van der Waals surface area contributed by atoms with Gasteiger partial charge in [-0.1, -0.05) is 41.4 Å². The van der Waals surface area contributed by atoms with E-state index in [0.29, 0.717) is 15.8 Å². The number of nitrogens with one attached hydrogen (secondary N) is 2. The fraction of sp³-hybridized carbons (Fsp3) is 0.381. The molecule has 1 amide bonds. The van der Waals surface area contributed by atoms with Crippen molar-refractivity contribution in [2.75, 3.05) is 13.2 Å². The largest absolute Gasteiger partial charge is 0.484 e. The zero-order valence-electron chi connectivity index (χ0n) is 15.9. The maximum absolute atomic E-state index is 11.8. The molecule has 0 unspecified atom stereocenters. The number of carbonyl (C=O) groups excluding carboxylic acids is 1. The van der Waals surface area contributed by atoms with Crippen molar-refractivity contribution >= 4 is 29.1 Å². The van der Waals surface area contributed by atoms with Crippen LogP contribution in [0.1, 0.15) is 31.9 Å². The Labute approximate surface area is 171 Å². The Morgan fingerprint density at radius 3 is 2.41 bits per heavy atom. The molecule has 2 rings (SSSR count). The van der Waals surface area contributed by atoms with E-state index in [0.717, 1.165) is 30.6 Å². The predicted octanol–water partition coefficient (Wildman–Crippen LogP) is 4.62. The summed E-state index contributed by atoms with van der Waals surface area (Å²) in [5.74, 6) is 0.546. The van der Waals surface area contributed by atoms with Gasteiger partial charge in [0.15, 0.2) is 6.61 Å². The van der Waals surface area contributed by atoms with Gasteiger partial charge in [-0.15, -0.1) is 0 Å². The minimum atomic E-state index is -0.258. The van der Waals surface area contributed by atoms with Crippen LogP contribution in [0.2, 0.25) is 10.0 Å². The van der Waals surface area contributed by atoms with E-state index in [1.807, 2.05) is 57.2 Å². The predicted molar refractivity (Wildman–Crippen MR) is 112 cm³/mol. The van der Waals surface area contributed by atoms with Gasteiger partial charge in [0.2, 0.25) is 0 Å². The van der Waals surface area contributed by atoms with Crippen molar-refractivity contribution in [2.24, 2.45) is 0 Å². The molecule has 0 bridgehead atoms. The van der Waals surface area contributed by atoms with Crippen LogP contribution in [0.25, 0.3) is 0 Å². The zero-order chi connectivity index (χ0) is 19.9. The van der Waals surface area contributed by atoms with Crippen LogP contribution in [0.3, 0.4) is 0 Å². The molecule has 0 spiro atoms. The lowest BCUT2D eigenvalue weighted by Gasteiger charge is -2.20. The molecule has 2 aromatic rings. The number of ether oxygens (including phenoxy) is 1. The molecular weight excluding hydrogens is 383 g/mol. The first-order valence-corrected chi connectivity index (χ1v) is 9.66. The Kier molecular flexibility index (Phi) is 7.96. The molecule has 0 aliphatic rings. The third kappa shape index (κ3) is 8.21. The molecule has 0 atom stereocenters. The number of halogens is 2. The standard InChI is InChI=1S/C21H26Cl2N2O2/c1-21(2,3)25-20(26)14-27-18-8-4-15(5-9-18)13-24-11-10-16-6-7-17(22)12-19(16)23/h4-9,12,24H,10-11,13-14H2,1-3H3,(H,25,26). The van der Waals surface area contributed by atoms with Gasteiger partial charge in [0.1, 0.15) is 5.75 Å². The molecule has 0 aliphatic carbocycles. The number of benzene rings is 2. The molecule has 2 N–H and O–H groups in total. The highest BCUT2D eigenvalue weighted by Crippen LogP contribution is 2.21. The molecule has 0 aliphatic heterocycles. The van der Waals surface area contributed by atoms with E-state index in [4.69, 9.17) is 27.9 Å². The summed E-state index contributed by atoms with van der Waals surface area (Å²) in [4.78, 5) is 11.8. The highest BCUT2D eigenvalue weighted by molar-refractivity contribution is 6.35. The quantitative estimate of drug-likeness (QED) is 0.626. The topological polar surface area (TPSA) is 50.4 Å². The first-order chi connectivity index (χ1) is 12.7. The van der Waals surface area contributed by atoms with Crippen molar-refractivity contribution < 1.29 is 9.53 Å². The Balaban J connectivity index is 1.71. The van der Waals surface area contributed by atoms with Gasteiger partial charge in [-0.3, -0.25) is 4.79 Å². The molecule has 0 saturated carbocycles. The second kappa shape index (κ2) is 9.98. The summed E-state index contributed by atoms with van der Waals surface area (Å²) in [6.45, 7) is 7.38. The molecule has 0 saturated heterocycles. The van der Waals surface area contributed by atoms with Crippen molar-refractivity contribution in [3.63, 3.8) is 0 Å². The Morgan fingerprint density at radius 1 is 1.07 bits per heavy atom. The van der Waals surface area contributed by atoms with E-state index in [2.05, 4.69) is 10.6 Å². The fourth-order valence-electron chi connectivity index (χ4n) is 2.49. The third-order valence-electron chi connectivity index (χ3n) is 3.72. The van der Waals surface area contributed by atoms with E-state index >= 15 is 0 Å². The number of hydrogen-bond donors (Lipinski definition) is 2. The van der Waals surface area contributed by atoms with E-state index in [1.165, 1.54) is 0 Å². The van der Waals surface area contributed by atoms with Crippen LogP contribution in [0, 0.1) is 0 Å². The lowest BCUT2D eigenvalue weighted by molar-refractivity contribution is -0.124. The third-order valence-corrected chi connectivity index (χ3v) is 4.31. The van der Waals surface area contributed by atoms with Crippen LogP contribution in [0.4, 0.5) is 0 Å². The van der Waals surface area contributed by atoms with Crippen LogP contribution in [-0.2, 0) is 17.8 Å². The van der Waals surface area contributed by atoms with Crippen LogP contribution in [0.15, 0.2) is 42.5 Å². The summed E-state index contributed by atoms with van der Waals surface area (Å²) in [6, 6.07) is 13.3. The molecule has 27 heavy (non-hydrogen) atoms. The van der Waals surface area contributed by atoms with Gasteiger partial charge in [0.05, 0.1) is 0 Å². The molecular formula is C21H26Cl2N2O2. The van der Waals surface area contributed by atoms with Crippen molar-refractivity contribution in [1.29, 1.82) is 0 Å². The monoisotopic (exact) mass is 408 g/mol. The smallest absolute Gasteiger partial charge is 0.258 e. The minimum Gasteiger partial charge on any atom is -0.484 e. The van der Waals surface area contributed by atoms with E-state index in [-0.39, 0.29) is 18.1 Å². The van der Waals surface area contributed by atoms with E-state index in [9.17, 15) is 4.79 Å². The Hall–Kier alpha value is -1.75. The first kappa shape index (κ1) is 21.5. The summed E-state index contributed by atoms with van der Waals surface area (Å²) in [6.07, 6.45) is 0.833. The molecule has 0 aromatic heterocycles. The number of amides is 1. The lowest BCUT2D eigenvalue weighted by atomic mass is 10.1. The van der Waals surface area contributed by atoms with Crippen molar-refractivity contribution in [3.05, 3.63) is 63.6 Å². The van der Waals surface area contributed by atoms with Crippen molar-refractivity contribution in [1.82, 2.24) is 10.6 Å². The maximum Gasteiger partial charge on any atom is 0.258 e. The number of carbonyl (C=O) groups is 1. The average Bonchev–Trinajstić information content (AvgIpc) is 2.58. The van der Waals surface area contributed by atoms with E-state index in [1.54, 1.807) is 6.07 Å². The molecule has 0 fully saturated rings. The van der Waals surface area contributed by atoms with Crippen molar-refractivity contribution in [3.8, 4) is 5.75 Å². The first-order valence-electron chi connectivity index (χ1n) is 8.90.